The van der Waals surface area contributed by atoms with Crippen molar-refractivity contribution in [1.82, 2.24) is 0 Å². The van der Waals surface area contributed by atoms with Crippen molar-refractivity contribution in [3.63, 3.8) is 0 Å². The lowest BCUT2D eigenvalue weighted by Gasteiger charge is -2.19. The number of nitrogens with one attached hydrogen (secondary N) is 1. The molecule has 0 fully saturated rings. The molecule has 0 aliphatic rings. The second-order valence-corrected chi connectivity index (χ2v) is 7.75. The molecule has 138 valence electrons. The number of hydrogen-bond donors (Lipinski definition) is 1. The van der Waals surface area contributed by atoms with Gasteiger partial charge in [-0.25, -0.2) is 0 Å². The Morgan fingerprint density at radius 1 is 0.926 bits per heavy atom. The summed E-state index contributed by atoms with van der Waals surface area (Å²) < 4.78 is 5.88. The van der Waals surface area contributed by atoms with Crippen LogP contribution in [0.15, 0.2) is 72.8 Å². The molecule has 0 saturated carbocycles. The van der Waals surface area contributed by atoms with E-state index in [0.717, 1.165) is 0 Å². The summed E-state index contributed by atoms with van der Waals surface area (Å²) in [6.07, 6.45) is 0. The first kappa shape index (κ1) is 19.0. The third kappa shape index (κ3) is 4.89. The van der Waals surface area contributed by atoms with Crippen LogP contribution in [0.2, 0.25) is 5.02 Å². The number of amides is 1. The van der Waals surface area contributed by atoms with Gasteiger partial charge in [-0.1, -0.05) is 62.7 Å². The molecule has 3 rings (SSSR count). The summed E-state index contributed by atoms with van der Waals surface area (Å²) in [6, 6.07) is 22.2. The van der Waals surface area contributed by atoms with Gasteiger partial charge in [0, 0.05) is 11.3 Å². The topological polar surface area (TPSA) is 38.3 Å². The minimum atomic E-state index is -0.182. The zero-order valence-electron chi connectivity index (χ0n) is 15.6. The Kier molecular flexibility index (Phi) is 5.52. The minimum Gasteiger partial charge on any atom is -0.456 e. The fraction of sp³-hybridized carbons (Fsp3) is 0.174. The highest BCUT2D eigenvalue weighted by molar-refractivity contribution is 6.32. The molecule has 0 bridgehead atoms. The van der Waals surface area contributed by atoms with Crippen molar-refractivity contribution < 1.29 is 9.53 Å². The number of carbonyl (C=O) groups excluding carboxylic acids is 1. The molecule has 0 heterocycles. The smallest absolute Gasteiger partial charge is 0.255 e. The maximum Gasteiger partial charge on any atom is 0.255 e. The van der Waals surface area contributed by atoms with Gasteiger partial charge in [0.05, 0.1) is 5.02 Å². The Labute approximate surface area is 164 Å². The number of benzene rings is 3. The molecule has 3 aromatic carbocycles. The first-order valence-corrected chi connectivity index (χ1v) is 9.15. The third-order valence-electron chi connectivity index (χ3n) is 4.17. The van der Waals surface area contributed by atoms with E-state index >= 15 is 0 Å². The van der Waals surface area contributed by atoms with Gasteiger partial charge in [0.1, 0.15) is 11.5 Å². The molecule has 1 N–H and O–H groups in total. The lowest BCUT2D eigenvalue weighted by molar-refractivity contribution is 0.102. The van der Waals surface area contributed by atoms with Gasteiger partial charge >= 0.3 is 0 Å². The Hall–Kier alpha value is -2.78. The molecule has 1 amide bonds. The molecule has 0 spiro atoms. The molecule has 0 aromatic heterocycles. The number of carbonyl (C=O) groups is 1. The van der Waals surface area contributed by atoms with Gasteiger partial charge in [-0.05, 0) is 53.4 Å². The van der Waals surface area contributed by atoms with Crippen molar-refractivity contribution in [3.05, 3.63) is 88.9 Å². The number of anilines is 1. The van der Waals surface area contributed by atoms with Crippen LogP contribution < -0.4 is 10.1 Å². The molecule has 0 atom stereocenters. The Morgan fingerprint density at radius 3 is 2.19 bits per heavy atom. The standard InChI is InChI=1S/C23H22ClNO2/c1-23(2,3)17-9-12-19(13-10-17)27-21-14-11-18(15-20(21)24)25-22(26)16-7-5-4-6-8-16/h4-15H,1-3H3,(H,25,26). The van der Waals surface area contributed by atoms with Crippen molar-refractivity contribution in [1.29, 1.82) is 0 Å². The molecule has 0 aliphatic heterocycles. The lowest BCUT2D eigenvalue weighted by atomic mass is 9.87. The summed E-state index contributed by atoms with van der Waals surface area (Å²) in [6.45, 7) is 6.51. The van der Waals surface area contributed by atoms with Crippen LogP contribution in [0, 0.1) is 0 Å². The average molecular weight is 380 g/mol. The van der Waals surface area contributed by atoms with E-state index in [0.29, 0.717) is 27.8 Å². The molecule has 0 saturated heterocycles. The maximum atomic E-state index is 12.2. The van der Waals surface area contributed by atoms with Crippen molar-refractivity contribution in [3.8, 4) is 11.5 Å². The average Bonchev–Trinajstić information content (AvgIpc) is 2.64. The molecule has 27 heavy (non-hydrogen) atoms. The molecular formula is C23H22ClNO2. The van der Waals surface area contributed by atoms with Gasteiger partial charge in [0.2, 0.25) is 0 Å². The van der Waals surface area contributed by atoms with Gasteiger partial charge in [0.25, 0.3) is 5.91 Å². The zero-order chi connectivity index (χ0) is 19.4. The van der Waals surface area contributed by atoms with Crippen molar-refractivity contribution in [2.45, 2.75) is 26.2 Å². The van der Waals surface area contributed by atoms with Crippen LogP contribution in [0.5, 0.6) is 11.5 Å². The van der Waals surface area contributed by atoms with E-state index in [2.05, 4.69) is 38.2 Å². The number of halogens is 1. The first-order chi connectivity index (χ1) is 12.8. The molecule has 0 radical (unpaired) electrons. The molecular weight excluding hydrogens is 358 g/mol. The summed E-state index contributed by atoms with van der Waals surface area (Å²) >= 11 is 6.34. The second-order valence-electron chi connectivity index (χ2n) is 7.34. The molecule has 0 unspecified atom stereocenters. The molecule has 3 aromatic rings. The predicted molar refractivity (Wildman–Crippen MR) is 111 cm³/mol. The van der Waals surface area contributed by atoms with Gasteiger partial charge in [-0.2, -0.15) is 0 Å². The van der Waals surface area contributed by atoms with Gasteiger partial charge in [-0.15, -0.1) is 0 Å². The maximum absolute atomic E-state index is 12.2. The highest BCUT2D eigenvalue weighted by Gasteiger charge is 2.13. The Bertz CT molecular complexity index is 929. The number of rotatable bonds is 4. The van der Waals surface area contributed by atoms with Gasteiger partial charge in [-0.3, -0.25) is 4.79 Å². The van der Waals surface area contributed by atoms with Crippen LogP contribution in [0.1, 0.15) is 36.7 Å². The summed E-state index contributed by atoms with van der Waals surface area (Å²) in [5, 5.41) is 3.27. The second kappa shape index (κ2) is 7.85. The SMILES string of the molecule is CC(C)(C)c1ccc(Oc2ccc(NC(=O)c3ccccc3)cc2Cl)cc1. The van der Waals surface area contributed by atoms with Crippen LogP contribution in [-0.2, 0) is 5.41 Å². The molecule has 4 heteroatoms. The summed E-state index contributed by atoms with van der Waals surface area (Å²) in [5.74, 6) is 1.07. The quantitative estimate of drug-likeness (QED) is 0.548. The van der Waals surface area contributed by atoms with Gasteiger partial charge in [0.15, 0.2) is 0 Å². The first-order valence-electron chi connectivity index (χ1n) is 8.77. The minimum absolute atomic E-state index is 0.0920. The van der Waals surface area contributed by atoms with Crippen molar-refractivity contribution in [2.75, 3.05) is 5.32 Å². The number of hydrogen-bond acceptors (Lipinski definition) is 2. The highest BCUT2D eigenvalue weighted by Crippen LogP contribution is 2.33. The van der Waals surface area contributed by atoms with Crippen LogP contribution >= 0.6 is 11.6 Å². The zero-order valence-corrected chi connectivity index (χ0v) is 16.4. The normalized spacial score (nSPS) is 11.1. The van der Waals surface area contributed by atoms with E-state index in [1.54, 1.807) is 30.3 Å². The number of ether oxygens (including phenoxy) is 1. The van der Waals surface area contributed by atoms with E-state index in [1.807, 2.05) is 30.3 Å². The third-order valence-corrected chi connectivity index (χ3v) is 4.47. The summed E-state index contributed by atoms with van der Waals surface area (Å²) in [7, 11) is 0. The Morgan fingerprint density at radius 2 is 1.59 bits per heavy atom. The van der Waals surface area contributed by atoms with Crippen LogP contribution in [0.25, 0.3) is 0 Å². The van der Waals surface area contributed by atoms with E-state index in [-0.39, 0.29) is 11.3 Å². The Balaban J connectivity index is 1.70. The molecule has 3 nitrogen and oxygen atoms in total. The van der Waals surface area contributed by atoms with E-state index in [1.165, 1.54) is 5.56 Å². The fourth-order valence-corrected chi connectivity index (χ4v) is 2.82. The largest absolute Gasteiger partial charge is 0.456 e. The lowest BCUT2D eigenvalue weighted by Crippen LogP contribution is -2.11. The van der Waals surface area contributed by atoms with Crippen molar-refractivity contribution in [2.24, 2.45) is 0 Å². The van der Waals surface area contributed by atoms with E-state index in [9.17, 15) is 4.79 Å². The van der Waals surface area contributed by atoms with E-state index in [4.69, 9.17) is 16.3 Å². The van der Waals surface area contributed by atoms with E-state index < -0.39 is 0 Å². The van der Waals surface area contributed by atoms with Crippen LogP contribution in [0.3, 0.4) is 0 Å². The summed E-state index contributed by atoms with van der Waals surface area (Å²) in [5.41, 5.74) is 2.53. The predicted octanol–water partition coefficient (Wildman–Crippen LogP) is 6.68. The highest BCUT2D eigenvalue weighted by atomic mass is 35.5. The fourth-order valence-electron chi connectivity index (χ4n) is 2.60. The van der Waals surface area contributed by atoms with Crippen LogP contribution in [0.4, 0.5) is 5.69 Å². The molecule has 0 aliphatic carbocycles. The summed E-state index contributed by atoms with van der Waals surface area (Å²) in [4.78, 5) is 12.2. The van der Waals surface area contributed by atoms with Crippen LogP contribution in [-0.4, -0.2) is 5.91 Å². The van der Waals surface area contributed by atoms with Crippen molar-refractivity contribution >= 4 is 23.2 Å². The van der Waals surface area contributed by atoms with Gasteiger partial charge < -0.3 is 10.1 Å². The monoisotopic (exact) mass is 379 g/mol.